The lowest BCUT2D eigenvalue weighted by Gasteiger charge is -2.50. The largest absolute Gasteiger partial charge is 0.462 e. The summed E-state index contributed by atoms with van der Waals surface area (Å²) >= 11 is 0. The molecule has 0 spiro atoms. The van der Waals surface area contributed by atoms with Gasteiger partial charge in [0.25, 0.3) is 0 Å². The SMILES string of the molecule is C=C1CC(OC(C)=O)C(C(C)(C)OC(C)=O)C2C1C1CC(C)=CCCC(C)(OC(C)=O)C2O1. The molecule has 0 radical (unpaired) electrons. The molecular formula is C26H38O7. The third-order valence-electron chi connectivity index (χ3n) is 7.40. The highest BCUT2D eigenvalue weighted by atomic mass is 16.6. The smallest absolute Gasteiger partial charge is 0.303 e. The van der Waals surface area contributed by atoms with Gasteiger partial charge in [0, 0.05) is 44.9 Å². The van der Waals surface area contributed by atoms with Crippen molar-refractivity contribution in [2.45, 2.75) is 104 Å². The van der Waals surface area contributed by atoms with Gasteiger partial charge in [0.1, 0.15) is 23.4 Å². The zero-order valence-electron chi connectivity index (χ0n) is 20.9. The molecule has 7 nitrogen and oxygen atoms in total. The summed E-state index contributed by atoms with van der Waals surface area (Å²) in [4.78, 5) is 36.2. The Kier molecular flexibility index (Phi) is 7.13. The molecule has 1 saturated heterocycles. The zero-order valence-corrected chi connectivity index (χ0v) is 20.9. The van der Waals surface area contributed by atoms with Gasteiger partial charge in [0.15, 0.2) is 0 Å². The van der Waals surface area contributed by atoms with Crippen LogP contribution in [-0.4, -0.2) is 47.4 Å². The van der Waals surface area contributed by atoms with Crippen LogP contribution in [0, 0.1) is 17.8 Å². The summed E-state index contributed by atoms with van der Waals surface area (Å²) in [5.41, 5.74) is 0.329. The molecule has 0 aromatic rings. The predicted molar refractivity (Wildman–Crippen MR) is 122 cm³/mol. The predicted octanol–water partition coefficient (Wildman–Crippen LogP) is 4.29. The van der Waals surface area contributed by atoms with Crippen LogP contribution in [0.25, 0.3) is 0 Å². The number of hydrogen-bond donors (Lipinski definition) is 0. The highest BCUT2D eigenvalue weighted by Gasteiger charge is 2.63. The number of carbonyl (C=O) groups is 3. The second-order valence-corrected chi connectivity index (χ2v) is 10.6. The lowest BCUT2D eigenvalue weighted by molar-refractivity contribution is -0.195. The van der Waals surface area contributed by atoms with Gasteiger partial charge in [-0.2, -0.15) is 0 Å². The molecule has 1 saturated carbocycles. The summed E-state index contributed by atoms with van der Waals surface area (Å²) in [5.74, 6) is -1.80. The Balaban J connectivity index is 2.17. The zero-order chi connectivity index (χ0) is 24.7. The number of ether oxygens (including phenoxy) is 4. The number of carbonyl (C=O) groups excluding carboxylic acids is 3. The molecule has 33 heavy (non-hydrogen) atoms. The first-order valence-corrected chi connectivity index (χ1v) is 11.8. The molecular weight excluding hydrogens is 424 g/mol. The van der Waals surface area contributed by atoms with Crippen LogP contribution >= 0.6 is 0 Å². The summed E-state index contributed by atoms with van der Waals surface area (Å²) < 4.78 is 24.2. The van der Waals surface area contributed by atoms with Crippen LogP contribution in [0.1, 0.15) is 74.1 Å². The van der Waals surface area contributed by atoms with Crippen LogP contribution < -0.4 is 0 Å². The Labute approximate surface area is 196 Å². The van der Waals surface area contributed by atoms with Gasteiger partial charge >= 0.3 is 17.9 Å². The molecule has 0 amide bonds. The van der Waals surface area contributed by atoms with E-state index in [9.17, 15) is 14.4 Å². The summed E-state index contributed by atoms with van der Waals surface area (Å²) in [6, 6.07) is 0. The van der Waals surface area contributed by atoms with Crippen LogP contribution in [0.3, 0.4) is 0 Å². The number of rotatable bonds is 4. The molecule has 2 bridgehead atoms. The topological polar surface area (TPSA) is 88.1 Å². The minimum absolute atomic E-state index is 0.0435. The van der Waals surface area contributed by atoms with E-state index in [1.807, 2.05) is 20.8 Å². The molecule has 0 aromatic heterocycles. The first-order valence-electron chi connectivity index (χ1n) is 11.8. The van der Waals surface area contributed by atoms with Crippen molar-refractivity contribution in [1.29, 1.82) is 0 Å². The van der Waals surface area contributed by atoms with E-state index < -0.39 is 35.3 Å². The second-order valence-electron chi connectivity index (χ2n) is 10.6. The van der Waals surface area contributed by atoms with Crippen molar-refractivity contribution in [2.75, 3.05) is 0 Å². The van der Waals surface area contributed by atoms with E-state index in [0.717, 1.165) is 18.4 Å². The van der Waals surface area contributed by atoms with E-state index in [2.05, 4.69) is 19.6 Å². The van der Waals surface area contributed by atoms with Crippen molar-refractivity contribution in [1.82, 2.24) is 0 Å². The molecule has 0 aromatic carbocycles. The average Bonchev–Trinajstić information content (AvgIpc) is 3.00. The first-order chi connectivity index (χ1) is 15.2. The minimum Gasteiger partial charge on any atom is -0.462 e. The van der Waals surface area contributed by atoms with Gasteiger partial charge in [-0.3, -0.25) is 14.4 Å². The van der Waals surface area contributed by atoms with Crippen molar-refractivity contribution in [3.8, 4) is 0 Å². The van der Waals surface area contributed by atoms with Gasteiger partial charge in [0.05, 0.1) is 6.10 Å². The van der Waals surface area contributed by atoms with Gasteiger partial charge < -0.3 is 18.9 Å². The molecule has 184 valence electrons. The highest BCUT2D eigenvalue weighted by Crippen LogP contribution is 2.57. The lowest BCUT2D eigenvalue weighted by Crippen LogP contribution is -2.58. The molecule has 7 heteroatoms. The van der Waals surface area contributed by atoms with E-state index >= 15 is 0 Å². The highest BCUT2D eigenvalue weighted by molar-refractivity contribution is 5.67. The Morgan fingerprint density at radius 1 is 1.12 bits per heavy atom. The summed E-state index contributed by atoms with van der Waals surface area (Å²) in [6.45, 7) is 16.2. The molecule has 7 unspecified atom stereocenters. The van der Waals surface area contributed by atoms with E-state index in [1.54, 1.807) is 0 Å². The van der Waals surface area contributed by atoms with Crippen molar-refractivity contribution in [2.24, 2.45) is 17.8 Å². The fraction of sp³-hybridized carbons (Fsp3) is 0.731. The van der Waals surface area contributed by atoms with Gasteiger partial charge in [-0.1, -0.05) is 23.8 Å². The van der Waals surface area contributed by atoms with Crippen LogP contribution in [-0.2, 0) is 33.3 Å². The van der Waals surface area contributed by atoms with Crippen LogP contribution in [0.5, 0.6) is 0 Å². The number of allylic oxidation sites excluding steroid dienone is 1. The lowest BCUT2D eigenvalue weighted by atomic mass is 9.59. The van der Waals surface area contributed by atoms with E-state index in [0.29, 0.717) is 12.8 Å². The van der Waals surface area contributed by atoms with Crippen LogP contribution in [0.2, 0.25) is 0 Å². The first kappa shape index (κ1) is 25.5. The van der Waals surface area contributed by atoms with Crippen LogP contribution in [0.4, 0.5) is 0 Å². The standard InChI is InChI=1S/C26H38O7/c1-14-10-9-11-26(8,33-18(5)29)24-22-21(19(12-14)31-24)15(2)13-20(30-16(3)27)23(22)25(6,7)32-17(4)28/h10,19-24H,2,9,11-13H2,1,3-8H3. The molecule has 0 N–H and O–H groups in total. The number of fused-ring (bicyclic) bond motifs is 5. The van der Waals surface area contributed by atoms with Gasteiger partial charge in [-0.05, 0) is 47.0 Å². The Morgan fingerprint density at radius 3 is 2.36 bits per heavy atom. The molecule has 2 fully saturated rings. The van der Waals surface area contributed by atoms with Gasteiger partial charge in [-0.15, -0.1) is 0 Å². The Bertz CT molecular complexity index is 857. The van der Waals surface area contributed by atoms with Crippen molar-refractivity contribution in [3.63, 3.8) is 0 Å². The van der Waals surface area contributed by atoms with Crippen molar-refractivity contribution in [3.05, 3.63) is 23.8 Å². The maximum atomic E-state index is 12.1. The molecule has 2 aliphatic heterocycles. The fourth-order valence-corrected chi connectivity index (χ4v) is 6.51. The monoisotopic (exact) mass is 462 g/mol. The summed E-state index contributed by atoms with van der Waals surface area (Å²) in [7, 11) is 0. The minimum atomic E-state index is -0.946. The molecule has 3 rings (SSSR count). The second kappa shape index (κ2) is 9.24. The van der Waals surface area contributed by atoms with Crippen molar-refractivity contribution >= 4 is 17.9 Å². The van der Waals surface area contributed by atoms with E-state index in [-0.39, 0.29) is 29.8 Å². The number of esters is 3. The number of hydrogen-bond acceptors (Lipinski definition) is 7. The molecule has 2 heterocycles. The fourth-order valence-electron chi connectivity index (χ4n) is 6.51. The van der Waals surface area contributed by atoms with E-state index in [1.165, 1.54) is 26.3 Å². The summed E-state index contributed by atoms with van der Waals surface area (Å²) in [6.07, 6.45) is 3.60. The maximum Gasteiger partial charge on any atom is 0.303 e. The molecule has 7 atom stereocenters. The van der Waals surface area contributed by atoms with E-state index in [4.69, 9.17) is 18.9 Å². The van der Waals surface area contributed by atoms with Gasteiger partial charge in [-0.25, -0.2) is 0 Å². The van der Waals surface area contributed by atoms with Gasteiger partial charge in [0.2, 0.25) is 0 Å². The third kappa shape index (κ3) is 5.18. The Morgan fingerprint density at radius 2 is 1.79 bits per heavy atom. The normalized spacial score (nSPS) is 36.5. The average molecular weight is 463 g/mol. The summed E-state index contributed by atoms with van der Waals surface area (Å²) in [5, 5.41) is 0. The molecule has 1 aliphatic carbocycles. The molecule has 3 aliphatic rings. The third-order valence-corrected chi connectivity index (χ3v) is 7.40. The Hall–Kier alpha value is -2.15. The van der Waals surface area contributed by atoms with Crippen LogP contribution in [0.15, 0.2) is 23.8 Å². The quantitative estimate of drug-likeness (QED) is 0.350. The maximum absolute atomic E-state index is 12.1. The van der Waals surface area contributed by atoms with Crippen molar-refractivity contribution < 1.29 is 33.3 Å².